The van der Waals surface area contributed by atoms with Crippen LogP contribution in [0.3, 0.4) is 0 Å². The number of halogens is 1. The van der Waals surface area contributed by atoms with Gasteiger partial charge in [0.25, 0.3) is 5.91 Å². The first-order chi connectivity index (χ1) is 11.6. The van der Waals surface area contributed by atoms with Crippen LogP contribution in [0.15, 0.2) is 51.6 Å². The molecule has 0 aliphatic rings. The van der Waals surface area contributed by atoms with Crippen LogP contribution in [0.5, 0.6) is 0 Å². The Hall–Kier alpha value is -2.28. The molecule has 2 amide bonds. The van der Waals surface area contributed by atoms with Crippen molar-refractivity contribution in [1.29, 1.82) is 0 Å². The van der Waals surface area contributed by atoms with Crippen molar-refractivity contribution in [3.8, 4) is 0 Å². The van der Waals surface area contributed by atoms with Gasteiger partial charge < -0.3 is 20.0 Å². The lowest BCUT2D eigenvalue weighted by Gasteiger charge is -2.19. The molecule has 128 valence electrons. The molecule has 0 saturated carbocycles. The summed E-state index contributed by atoms with van der Waals surface area (Å²) in [5.74, 6) is -0.477. The summed E-state index contributed by atoms with van der Waals surface area (Å²) in [5.41, 5.74) is 1.14. The van der Waals surface area contributed by atoms with Gasteiger partial charge in [0.05, 0.1) is 6.54 Å². The van der Waals surface area contributed by atoms with Crippen LogP contribution in [0.2, 0.25) is 0 Å². The molecule has 0 aliphatic heterocycles. The summed E-state index contributed by atoms with van der Waals surface area (Å²) in [6.07, 6.45) is 0.816. The van der Waals surface area contributed by atoms with E-state index in [0.717, 1.165) is 18.7 Å². The van der Waals surface area contributed by atoms with Crippen LogP contribution >= 0.6 is 15.9 Å². The summed E-state index contributed by atoms with van der Waals surface area (Å²) in [4.78, 5) is 25.6. The average molecular weight is 394 g/mol. The molecule has 1 aromatic heterocycles. The molecule has 0 atom stereocenters. The number of hydrogen-bond acceptors (Lipinski definition) is 4. The number of hydrogen-bond donors (Lipinski definition) is 2. The SMILES string of the molecule is CN(CCCNC(=O)CNC(=O)c1ccc(Br)o1)c1ccccc1. The van der Waals surface area contributed by atoms with Crippen LogP contribution in [0.25, 0.3) is 0 Å². The second kappa shape index (κ2) is 9.12. The second-order valence-corrected chi connectivity index (χ2v) is 6.03. The Morgan fingerprint density at radius 2 is 1.88 bits per heavy atom. The molecule has 24 heavy (non-hydrogen) atoms. The number of benzene rings is 1. The van der Waals surface area contributed by atoms with Gasteiger partial charge in [-0.25, -0.2) is 0 Å². The highest BCUT2D eigenvalue weighted by molar-refractivity contribution is 9.10. The molecule has 1 aromatic carbocycles. The fourth-order valence-electron chi connectivity index (χ4n) is 2.10. The summed E-state index contributed by atoms with van der Waals surface area (Å²) < 4.78 is 5.58. The lowest BCUT2D eigenvalue weighted by atomic mass is 10.3. The zero-order valence-corrected chi connectivity index (χ0v) is 15.0. The van der Waals surface area contributed by atoms with Crippen molar-refractivity contribution in [2.75, 3.05) is 31.6 Å². The minimum absolute atomic E-state index is 0.0777. The van der Waals surface area contributed by atoms with E-state index < -0.39 is 5.91 Å². The van der Waals surface area contributed by atoms with Crippen LogP contribution < -0.4 is 15.5 Å². The molecule has 1 heterocycles. The summed E-state index contributed by atoms with van der Waals surface area (Å²) in [5, 5.41) is 5.29. The summed E-state index contributed by atoms with van der Waals surface area (Å²) in [7, 11) is 2.01. The zero-order chi connectivity index (χ0) is 17.4. The molecule has 0 unspecified atom stereocenters. The number of anilines is 1. The van der Waals surface area contributed by atoms with Gasteiger partial charge in [0.15, 0.2) is 10.4 Å². The molecule has 0 bridgehead atoms. The van der Waals surface area contributed by atoms with E-state index in [9.17, 15) is 9.59 Å². The van der Waals surface area contributed by atoms with Gasteiger partial charge in [-0.2, -0.15) is 0 Å². The topological polar surface area (TPSA) is 74.6 Å². The molecule has 7 heteroatoms. The maximum absolute atomic E-state index is 11.7. The van der Waals surface area contributed by atoms with Crippen LogP contribution in [0.1, 0.15) is 17.0 Å². The van der Waals surface area contributed by atoms with Gasteiger partial charge in [0.1, 0.15) is 0 Å². The Morgan fingerprint density at radius 3 is 2.54 bits per heavy atom. The van der Waals surface area contributed by atoms with E-state index in [0.29, 0.717) is 11.2 Å². The number of amides is 2. The number of nitrogens with one attached hydrogen (secondary N) is 2. The maximum atomic E-state index is 11.7. The first-order valence-electron chi connectivity index (χ1n) is 7.62. The molecule has 0 radical (unpaired) electrons. The smallest absolute Gasteiger partial charge is 0.287 e. The van der Waals surface area contributed by atoms with Gasteiger partial charge in [-0.1, -0.05) is 18.2 Å². The Kier molecular flexibility index (Phi) is 6.87. The molecule has 6 nitrogen and oxygen atoms in total. The van der Waals surface area contributed by atoms with Crippen LogP contribution in [0.4, 0.5) is 5.69 Å². The standard InChI is InChI=1S/C17H20BrN3O3/c1-21(13-6-3-2-4-7-13)11-5-10-19-16(22)12-20-17(23)14-8-9-15(18)24-14/h2-4,6-9H,5,10-12H2,1H3,(H,19,22)(H,20,23). The average Bonchev–Trinajstić information content (AvgIpc) is 3.03. The first-order valence-corrected chi connectivity index (χ1v) is 8.42. The predicted octanol–water partition coefficient (Wildman–Crippen LogP) is 2.41. The second-order valence-electron chi connectivity index (χ2n) is 5.25. The van der Waals surface area contributed by atoms with Gasteiger partial charge in [0, 0.05) is 25.8 Å². The molecular weight excluding hydrogens is 374 g/mol. The van der Waals surface area contributed by atoms with E-state index in [4.69, 9.17) is 4.42 Å². The summed E-state index contributed by atoms with van der Waals surface area (Å²) in [6, 6.07) is 13.2. The van der Waals surface area contributed by atoms with Gasteiger partial charge in [-0.3, -0.25) is 9.59 Å². The van der Waals surface area contributed by atoms with Crippen molar-refractivity contribution in [1.82, 2.24) is 10.6 Å². The third-order valence-electron chi connectivity index (χ3n) is 3.40. The van der Waals surface area contributed by atoms with Gasteiger partial charge >= 0.3 is 0 Å². The van der Waals surface area contributed by atoms with Gasteiger partial charge in [0.2, 0.25) is 5.91 Å². The highest BCUT2D eigenvalue weighted by Crippen LogP contribution is 2.13. The number of rotatable bonds is 8. The Morgan fingerprint density at radius 1 is 1.12 bits per heavy atom. The number of para-hydroxylation sites is 1. The fraction of sp³-hybridized carbons (Fsp3) is 0.294. The Bertz CT molecular complexity index is 673. The third kappa shape index (κ3) is 5.73. The number of nitrogens with zero attached hydrogens (tertiary/aromatic N) is 1. The van der Waals surface area contributed by atoms with Crippen LogP contribution in [0, 0.1) is 0 Å². The number of furan rings is 1. The molecule has 2 aromatic rings. The van der Waals surface area contributed by atoms with Crippen molar-refractivity contribution in [2.45, 2.75) is 6.42 Å². The first kappa shape index (κ1) is 18.1. The van der Waals surface area contributed by atoms with Crippen LogP contribution in [-0.2, 0) is 4.79 Å². The van der Waals surface area contributed by atoms with Crippen molar-refractivity contribution < 1.29 is 14.0 Å². The van der Waals surface area contributed by atoms with E-state index in [1.807, 2.05) is 37.4 Å². The van der Waals surface area contributed by atoms with E-state index in [1.165, 1.54) is 6.07 Å². The van der Waals surface area contributed by atoms with Gasteiger partial charge in [-0.15, -0.1) is 0 Å². The molecule has 2 N–H and O–H groups in total. The molecule has 0 spiro atoms. The van der Waals surface area contributed by atoms with E-state index in [1.54, 1.807) is 6.07 Å². The maximum Gasteiger partial charge on any atom is 0.287 e. The molecule has 0 saturated heterocycles. The highest BCUT2D eigenvalue weighted by atomic mass is 79.9. The zero-order valence-electron chi connectivity index (χ0n) is 13.4. The summed E-state index contributed by atoms with van der Waals surface area (Å²) in [6.45, 7) is 1.31. The largest absolute Gasteiger partial charge is 0.444 e. The number of carbonyl (C=O) groups is 2. The molecule has 2 rings (SSSR count). The minimum atomic E-state index is -0.417. The third-order valence-corrected chi connectivity index (χ3v) is 3.82. The van der Waals surface area contributed by atoms with Gasteiger partial charge in [-0.05, 0) is 46.6 Å². The van der Waals surface area contributed by atoms with Crippen LogP contribution in [-0.4, -0.2) is 38.5 Å². The minimum Gasteiger partial charge on any atom is -0.444 e. The fourth-order valence-corrected chi connectivity index (χ4v) is 2.41. The van der Waals surface area contributed by atoms with Crippen molar-refractivity contribution in [3.05, 3.63) is 52.9 Å². The molecule has 0 fully saturated rings. The Labute approximate surface area is 149 Å². The summed E-state index contributed by atoms with van der Waals surface area (Å²) >= 11 is 3.12. The lowest BCUT2D eigenvalue weighted by Crippen LogP contribution is -2.37. The highest BCUT2D eigenvalue weighted by Gasteiger charge is 2.11. The van der Waals surface area contributed by atoms with Crippen molar-refractivity contribution in [3.63, 3.8) is 0 Å². The predicted molar refractivity (Wildman–Crippen MR) is 96.1 cm³/mol. The molecule has 0 aliphatic carbocycles. The van der Waals surface area contributed by atoms with E-state index >= 15 is 0 Å². The molecular formula is C17H20BrN3O3. The van der Waals surface area contributed by atoms with Crippen molar-refractivity contribution in [2.24, 2.45) is 0 Å². The monoisotopic (exact) mass is 393 g/mol. The quantitative estimate of drug-likeness (QED) is 0.675. The lowest BCUT2D eigenvalue weighted by molar-refractivity contribution is -0.120. The Balaban J connectivity index is 1.60. The van der Waals surface area contributed by atoms with E-state index in [2.05, 4.69) is 31.5 Å². The number of carbonyl (C=O) groups excluding carboxylic acids is 2. The van der Waals surface area contributed by atoms with Crippen molar-refractivity contribution >= 4 is 33.4 Å². The van der Waals surface area contributed by atoms with E-state index in [-0.39, 0.29) is 18.2 Å². The normalized spacial score (nSPS) is 10.2.